The van der Waals surface area contributed by atoms with Gasteiger partial charge in [-0.05, 0) is 36.8 Å². The highest BCUT2D eigenvalue weighted by molar-refractivity contribution is 5.94. The van der Waals surface area contributed by atoms with Crippen LogP contribution in [0.2, 0.25) is 0 Å². The Balaban J connectivity index is 1.49. The molecular formula is C19H20N4O2. The van der Waals surface area contributed by atoms with Gasteiger partial charge >= 0.3 is 0 Å². The molecule has 4 rings (SSSR count). The van der Waals surface area contributed by atoms with E-state index in [1.54, 1.807) is 0 Å². The van der Waals surface area contributed by atoms with Crippen molar-refractivity contribution in [1.82, 2.24) is 19.9 Å². The lowest BCUT2D eigenvalue weighted by Gasteiger charge is -2.31. The molecule has 6 nitrogen and oxygen atoms in total. The third-order valence-corrected chi connectivity index (χ3v) is 4.48. The lowest BCUT2D eigenvalue weighted by molar-refractivity contribution is -0.0124. The predicted octanol–water partition coefficient (Wildman–Crippen LogP) is 2.34. The molecule has 0 saturated carbocycles. The van der Waals surface area contributed by atoms with Crippen LogP contribution in [0.25, 0.3) is 11.0 Å². The molecule has 1 aliphatic rings. The number of hydrogen-bond donors (Lipinski definition) is 0. The van der Waals surface area contributed by atoms with Crippen molar-refractivity contribution in [1.29, 1.82) is 0 Å². The Hall–Kier alpha value is -2.73. The van der Waals surface area contributed by atoms with Gasteiger partial charge < -0.3 is 9.64 Å². The normalized spacial score (nSPS) is 17.8. The molecule has 0 N–H and O–H groups in total. The van der Waals surface area contributed by atoms with Crippen molar-refractivity contribution >= 4 is 16.9 Å². The van der Waals surface area contributed by atoms with Crippen LogP contribution in [0.15, 0.2) is 48.5 Å². The van der Waals surface area contributed by atoms with Crippen LogP contribution in [0.4, 0.5) is 0 Å². The molecule has 6 heteroatoms. The average molecular weight is 336 g/mol. The standard InChI is InChI=1S/C19H20N4O2/c1-14-12-22(10-11-25-14)19(24)16-8-6-15(7-9-16)13-23-18-5-3-2-4-17(18)20-21-23/h2-9,14H,10-13H2,1H3/t14-/m1/s1. The molecule has 0 aliphatic carbocycles. The van der Waals surface area contributed by atoms with Crippen molar-refractivity contribution in [2.45, 2.75) is 19.6 Å². The van der Waals surface area contributed by atoms with Gasteiger partial charge in [0, 0.05) is 18.7 Å². The van der Waals surface area contributed by atoms with Gasteiger partial charge in [-0.25, -0.2) is 4.68 Å². The first-order chi connectivity index (χ1) is 12.2. The van der Waals surface area contributed by atoms with E-state index in [1.807, 2.05) is 65.0 Å². The van der Waals surface area contributed by atoms with Gasteiger partial charge in [0.05, 0.1) is 24.8 Å². The second kappa shape index (κ2) is 6.64. The molecule has 1 aliphatic heterocycles. The van der Waals surface area contributed by atoms with Crippen LogP contribution in [0.5, 0.6) is 0 Å². The van der Waals surface area contributed by atoms with E-state index in [-0.39, 0.29) is 12.0 Å². The van der Waals surface area contributed by atoms with Crippen molar-refractivity contribution in [2.24, 2.45) is 0 Å². The SMILES string of the molecule is C[C@@H]1CN(C(=O)c2ccc(Cn3nnc4ccccc43)cc2)CCO1. The number of carbonyl (C=O) groups is 1. The van der Waals surface area contributed by atoms with Gasteiger partial charge in [0.25, 0.3) is 5.91 Å². The van der Waals surface area contributed by atoms with Crippen LogP contribution < -0.4 is 0 Å². The molecule has 0 bridgehead atoms. The van der Waals surface area contributed by atoms with Crippen molar-refractivity contribution in [2.75, 3.05) is 19.7 Å². The maximum atomic E-state index is 12.6. The molecule has 3 aromatic rings. The molecule has 0 unspecified atom stereocenters. The number of morpholine rings is 1. The van der Waals surface area contributed by atoms with Crippen LogP contribution in [0.1, 0.15) is 22.8 Å². The third-order valence-electron chi connectivity index (χ3n) is 4.48. The molecule has 0 radical (unpaired) electrons. The lowest BCUT2D eigenvalue weighted by Crippen LogP contribution is -2.44. The summed E-state index contributed by atoms with van der Waals surface area (Å²) in [5.41, 5.74) is 3.68. The molecule has 1 fully saturated rings. The Morgan fingerprint density at radius 3 is 2.80 bits per heavy atom. The number of benzene rings is 2. The Bertz CT molecular complexity index is 888. The number of nitrogens with zero attached hydrogens (tertiary/aromatic N) is 4. The van der Waals surface area contributed by atoms with E-state index in [1.165, 1.54) is 0 Å². The highest BCUT2D eigenvalue weighted by Gasteiger charge is 2.22. The van der Waals surface area contributed by atoms with Crippen molar-refractivity contribution in [3.05, 3.63) is 59.7 Å². The molecule has 1 aromatic heterocycles. The highest BCUT2D eigenvalue weighted by Crippen LogP contribution is 2.15. The van der Waals surface area contributed by atoms with E-state index in [4.69, 9.17) is 4.74 Å². The summed E-state index contributed by atoms with van der Waals surface area (Å²) in [6, 6.07) is 15.6. The zero-order valence-electron chi connectivity index (χ0n) is 14.1. The maximum absolute atomic E-state index is 12.6. The van der Waals surface area contributed by atoms with E-state index >= 15 is 0 Å². The van der Waals surface area contributed by atoms with Gasteiger partial charge in [-0.3, -0.25) is 4.79 Å². The fourth-order valence-electron chi connectivity index (χ4n) is 3.15. The third kappa shape index (κ3) is 3.25. The Kier molecular flexibility index (Phi) is 4.19. The first kappa shape index (κ1) is 15.8. The van der Waals surface area contributed by atoms with Crippen LogP contribution >= 0.6 is 0 Å². The number of hydrogen-bond acceptors (Lipinski definition) is 4. The van der Waals surface area contributed by atoms with Gasteiger partial charge in [-0.2, -0.15) is 0 Å². The van der Waals surface area contributed by atoms with E-state index < -0.39 is 0 Å². The Morgan fingerprint density at radius 2 is 2.00 bits per heavy atom. The smallest absolute Gasteiger partial charge is 0.254 e. The number of carbonyl (C=O) groups excluding carboxylic acids is 1. The number of fused-ring (bicyclic) bond motifs is 1. The van der Waals surface area contributed by atoms with E-state index in [0.717, 1.165) is 16.6 Å². The van der Waals surface area contributed by atoms with Crippen LogP contribution in [0, 0.1) is 0 Å². The minimum Gasteiger partial charge on any atom is -0.375 e. The summed E-state index contributed by atoms with van der Waals surface area (Å²) in [5.74, 6) is 0.0629. The molecule has 1 amide bonds. The minimum absolute atomic E-state index is 0.0629. The monoisotopic (exact) mass is 336 g/mol. The van der Waals surface area contributed by atoms with E-state index in [2.05, 4.69) is 10.3 Å². The summed E-state index contributed by atoms with van der Waals surface area (Å²) < 4.78 is 7.37. The number of para-hydroxylation sites is 1. The lowest BCUT2D eigenvalue weighted by atomic mass is 10.1. The second-order valence-electron chi connectivity index (χ2n) is 6.37. The molecule has 1 atom stereocenters. The number of rotatable bonds is 3. The fraction of sp³-hybridized carbons (Fsp3) is 0.316. The average Bonchev–Trinajstić information content (AvgIpc) is 3.05. The molecule has 25 heavy (non-hydrogen) atoms. The summed E-state index contributed by atoms with van der Waals surface area (Å²) >= 11 is 0. The van der Waals surface area contributed by atoms with Crippen LogP contribution in [0.3, 0.4) is 0 Å². The summed E-state index contributed by atoms with van der Waals surface area (Å²) in [7, 11) is 0. The van der Waals surface area contributed by atoms with Gasteiger partial charge in [0.1, 0.15) is 5.52 Å². The molecule has 0 spiro atoms. The zero-order chi connectivity index (χ0) is 17.2. The number of aromatic nitrogens is 3. The van der Waals surface area contributed by atoms with Crippen LogP contribution in [-0.2, 0) is 11.3 Å². The molecule has 2 aromatic carbocycles. The minimum atomic E-state index is 0.0629. The predicted molar refractivity (Wildman–Crippen MR) is 94.4 cm³/mol. The van der Waals surface area contributed by atoms with Gasteiger partial charge in [0.2, 0.25) is 0 Å². The van der Waals surface area contributed by atoms with Crippen molar-refractivity contribution < 1.29 is 9.53 Å². The first-order valence-corrected chi connectivity index (χ1v) is 8.49. The van der Waals surface area contributed by atoms with Crippen molar-refractivity contribution in [3.63, 3.8) is 0 Å². The second-order valence-corrected chi connectivity index (χ2v) is 6.37. The molecular weight excluding hydrogens is 316 g/mol. The molecule has 2 heterocycles. The Labute approximate surface area is 146 Å². The van der Waals surface area contributed by atoms with Gasteiger partial charge in [-0.1, -0.05) is 29.5 Å². The summed E-state index contributed by atoms with van der Waals surface area (Å²) in [6.45, 7) is 4.51. The van der Waals surface area contributed by atoms with E-state index in [0.29, 0.717) is 31.8 Å². The molecule has 128 valence electrons. The largest absolute Gasteiger partial charge is 0.375 e. The van der Waals surface area contributed by atoms with Gasteiger partial charge in [0.15, 0.2) is 0 Å². The highest BCUT2D eigenvalue weighted by atomic mass is 16.5. The first-order valence-electron chi connectivity index (χ1n) is 8.49. The number of amides is 1. The fourth-order valence-corrected chi connectivity index (χ4v) is 3.15. The summed E-state index contributed by atoms with van der Waals surface area (Å²) in [6.07, 6.45) is 0.0950. The summed E-state index contributed by atoms with van der Waals surface area (Å²) in [5, 5.41) is 8.38. The quantitative estimate of drug-likeness (QED) is 0.737. The summed E-state index contributed by atoms with van der Waals surface area (Å²) in [4.78, 5) is 14.4. The molecule has 1 saturated heterocycles. The van der Waals surface area contributed by atoms with E-state index in [9.17, 15) is 4.79 Å². The maximum Gasteiger partial charge on any atom is 0.254 e. The topological polar surface area (TPSA) is 60.2 Å². The number of ether oxygens (including phenoxy) is 1. The van der Waals surface area contributed by atoms with Crippen molar-refractivity contribution in [3.8, 4) is 0 Å². The zero-order valence-corrected chi connectivity index (χ0v) is 14.1. The van der Waals surface area contributed by atoms with Crippen LogP contribution in [-0.4, -0.2) is 51.6 Å². The van der Waals surface area contributed by atoms with Gasteiger partial charge in [-0.15, -0.1) is 5.10 Å². The Morgan fingerprint density at radius 1 is 1.20 bits per heavy atom.